The number of hydrogen-bond acceptors (Lipinski definition) is 3. The van der Waals surface area contributed by atoms with Crippen molar-refractivity contribution in [2.45, 2.75) is 43.5 Å². The first-order chi connectivity index (χ1) is 8.78. The molecule has 0 amide bonds. The lowest BCUT2D eigenvalue weighted by Crippen LogP contribution is -2.37. The van der Waals surface area contributed by atoms with Gasteiger partial charge in [0.2, 0.25) is 0 Å². The van der Waals surface area contributed by atoms with Crippen LogP contribution in [0, 0.1) is 0 Å². The Labute approximate surface area is 113 Å². The number of hydrogen-bond donors (Lipinski definition) is 1. The number of fused-ring (bicyclic) bond motifs is 3. The van der Waals surface area contributed by atoms with Crippen molar-refractivity contribution < 1.29 is 4.74 Å². The summed E-state index contributed by atoms with van der Waals surface area (Å²) in [7, 11) is 1.75. The van der Waals surface area contributed by atoms with Gasteiger partial charge in [0.1, 0.15) is 5.75 Å². The average Bonchev–Trinajstić information content (AvgIpc) is 2.59. The van der Waals surface area contributed by atoms with E-state index in [1.807, 2.05) is 0 Å². The van der Waals surface area contributed by atoms with E-state index in [1.165, 1.54) is 36.1 Å². The molecule has 1 saturated heterocycles. The van der Waals surface area contributed by atoms with Gasteiger partial charge in [0.15, 0.2) is 0 Å². The van der Waals surface area contributed by atoms with Crippen LogP contribution in [0.4, 0.5) is 0 Å². The summed E-state index contributed by atoms with van der Waals surface area (Å²) in [4.78, 5) is 0. The van der Waals surface area contributed by atoms with E-state index in [0.29, 0.717) is 12.1 Å². The molecule has 1 aromatic rings. The minimum absolute atomic E-state index is 0.506. The monoisotopic (exact) mass is 263 g/mol. The van der Waals surface area contributed by atoms with E-state index in [0.717, 1.165) is 11.0 Å². The molecule has 1 N–H and O–H groups in total. The summed E-state index contributed by atoms with van der Waals surface area (Å²) in [5.74, 6) is 2.27. The molecular weight excluding hydrogens is 242 g/mol. The molecule has 0 saturated carbocycles. The van der Waals surface area contributed by atoms with E-state index < -0.39 is 0 Å². The Morgan fingerprint density at radius 2 is 2.22 bits per heavy atom. The molecule has 3 unspecified atom stereocenters. The number of rotatable bonds is 1. The van der Waals surface area contributed by atoms with Crippen molar-refractivity contribution in [2.75, 3.05) is 12.9 Å². The molecule has 0 radical (unpaired) electrons. The molecule has 98 valence electrons. The number of nitrogens with one attached hydrogen (secondary N) is 1. The summed E-state index contributed by atoms with van der Waals surface area (Å²) >= 11 is 2.15. The smallest absolute Gasteiger partial charge is 0.119 e. The first-order valence-corrected chi connectivity index (χ1v) is 7.87. The van der Waals surface area contributed by atoms with Crippen LogP contribution in [-0.4, -0.2) is 24.2 Å². The van der Waals surface area contributed by atoms with Gasteiger partial charge in [0.05, 0.1) is 7.11 Å². The van der Waals surface area contributed by atoms with Crippen LogP contribution in [0.1, 0.15) is 36.9 Å². The summed E-state index contributed by atoms with van der Waals surface area (Å²) in [6, 6.07) is 7.69. The SMILES string of the molecule is COc1ccc2c(c1)C1NC(C)CCSC1CC2. The van der Waals surface area contributed by atoms with Gasteiger partial charge in [-0.25, -0.2) is 0 Å². The Kier molecular flexibility index (Phi) is 3.53. The van der Waals surface area contributed by atoms with Gasteiger partial charge in [-0.15, -0.1) is 0 Å². The van der Waals surface area contributed by atoms with Gasteiger partial charge in [-0.3, -0.25) is 0 Å². The molecule has 1 aliphatic carbocycles. The Morgan fingerprint density at radius 1 is 1.33 bits per heavy atom. The highest BCUT2D eigenvalue weighted by molar-refractivity contribution is 7.99. The lowest BCUT2D eigenvalue weighted by atomic mass is 9.86. The van der Waals surface area contributed by atoms with Crippen LogP contribution in [0.25, 0.3) is 0 Å². The predicted molar refractivity (Wildman–Crippen MR) is 77.5 cm³/mol. The summed E-state index contributed by atoms with van der Waals surface area (Å²) in [6.45, 7) is 2.30. The first kappa shape index (κ1) is 12.4. The Bertz CT molecular complexity index is 435. The first-order valence-electron chi connectivity index (χ1n) is 6.82. The maximum absolute atomic E-state index is 5.38. The van der Waals surface area contributed by atoms with Crippen LogP contribution < -0.4 is 10.1 Å². The van der Waals surface area contributed by atoms with Gasteiger partial charge in [-0.1, -0.05) is 6.07 Å². The van der Waals surface area contributed by atoms with Crippen LogP contribution >= 0.6 is 11.8 Å². The lowest BCUT2D eigenvalue weighted by Gasteiger charge is -2.33. The van der Waals surface area contributed by atoms with Gasteiger partial charge in [0, 0.05) is 17.3 Å². The normalized spacial score (nSPS) is 31.1. The van der Waals surface area contributed by atoms with Gasteiger partial charge in [0.25, 0.3) is 0 Å². The van der Waals surface area contributed by atoms with Crippen molar-refractivity contribution in [1.82, 2.24) is 5.32 Å². The van der Waals surface area contributed by atoms with Crippen LogP contribution in [-0.2, 0) is 6.42 Å². The number of benzene rings is 1. The number of thioether (sulfide) groups is 1. The zero-order valence-electron chi connectivity index (χ0n) is 11.1. The quantitative estimate of drug-likeness (QED) is 0.841. The molecule has 1 heterocycles. The van der Waals surface area contributed by atoms with E-state index in [4.69, 9.17) is 4.74 Å². The van der Waals surface area contributed by atoms with Crippen molar-refractivity contribution in [3.8, 4) is 5.75 Å². The third kappa shape index (κ3) is 2.26. The predicted octanol–water partition coefficient (Wildman–Crippen LogP) is 3.17. The average molecular weight is 263 g/mol. The zero-order valence-corrected chi connectivity index (χ0v) is 11.9. The van der Waals surface area contributed by atoms with Crippen LogP contribution in [0.3, 0.4) is 0 Å². The maximum Gasteiger partial charge on any atom is 0.119 e. The van der Waals surface area contributed by atoms with Gasteiger partial charge in [-0.05, 0) is 55.2 Å². The molecule has 3 atom stereocenters. The molecule has 0 bridgehead atoms. The van der Waals surface area contributed by atoms with Crippen molar-refractivity contribution in [1.29, 1.82) is 0 Å². The minimum atomic E-state index is 0.506. The van der Waals surface area contributed by atoms with Crippen LogP contribution in [0.15, 0.2) is 18.2 Å². The molecule has 0 spiro atoms. The van der Waals surface area contributed by atoms with E-state index >= 15 is 0 Å². The second-order valence-electron chi connectivity index (χ2n) is 5.35. The zero-order chi connectivity index (χ0) is 12.5. The van der Waals surface area contributed by atoms with Crippen molar-refractivity contribution >= 4 is 11.8 Å². The summed E-state index contributed by atoms with van der Waals surface area (Å²) in [5.41, 5.74) is 2.96. The fraction of sp³-hybridized carbons (Fsp3) is 0.600. The molecule has 3 rings (SSSR count). The Hall–Kier alpha value is -0.670. The highest BCUT2D eigenvalue weighted by atomic mass is 32.2. The fourth-order valence-electron chi connectivity index (χ4n) is 3.04. The van der Waals surface area contributed by atoms with Crippen LogP contribution in [0.2, 0.25) is 0 Å². The second kappa shape index (κ2) is 5.14. The molecule has 1 aromatic carbocycles. The van der Waals surface area contributed by atoms with Gasteiger partial charge < -0.3 is 10.1 Å². The fourth-order valence-corrected chi connectivity index (χ4v) is 4.54. The molecule has 1 aliphatic heterocycles. The topological polar surface area (TPSA) is 21.3 Å². The third-order valence-electron chi connectivity index (χ3n) is 4.10. The van der Waals surface area contributed by atoms with E-state index in [2.05, 4.69) is 42.2 Å². The minimum Gasteiger partial charge on any atom is -0.497 e. The molecule has 3 heteroatoms. The highest BCUT2D eigenvalue weighted by Gasteiger charge is 2.32. The van der Waals surface area contributed by atoms with Gasteiger partial charge in [-0.2, -0.15) is 11.8 Å². The number of methoxy groups -OCH3 is 1. The summed E-state index contributed by atoms with van der Waals surface area (Å²) < 4.78 is 5.38. The van der Waals surface area contributed by atoms with Crippen molar-refractivity contribution in [3.63, 3.8) is 0 Å². The summed E-state index contributed by atoms with van der Waals surface area (Å²) in [6.07, 6.45) is 3.79. The number of aryl methyl sites for hydroxylation is 1. The third-order valence-corrected chi connectivity index (χ3v) is 5.51. The molecule has 0 aromatic heterocycles. The standard InChI is InChI=1S/C15H21NOS/c1-10-7-8-18-14-6-4-11-3-5-12(17-2)9-13(11)15(14)16-10/h3,5,9-10,14-16H,4,6-8H2,1-2H3. The van der Waals surface area contributed by atoms with Crippen LogP contribution in [0.5, 0.6) is 5.75 Å². The van der Waals surface area contributed by atoms with Gasteiger partial charge >= 0.3 is 0 Å². The molecule has 2 nitrogen and oxygen atoms in total. The molecule has 2 aliphatic rings. The largest absolute Gasteiger partial charge is 0.497 e. The molecule has 18 heavy (non-hydrogen) atoms. The van der Waals surface area contributed by atoms with E-state index in [9.17, 15) is 0 Å². The Morgan fingerprint density at radius 3 is 3.06 bits per heavy atom. The maximum atomic E-state index is 5.38. The highest BCUT2D eigenvalue weighted by Crippen LogP contribution is 2.40. The van der Waals surface area contributed by atoms with E-state index in [1.54, 1.807) is 7.11 Å². The second-order valence-corrected chi connectivity index (χ2v) is 6.69. The van der Waals surface area contributed by atoms with Crippen molar-refractivity contribution in [3.05, 3.63) is 29.3 Å². The number of ether oxygens (including phenoxy) is 1. The van der Waals surface area contributed by atoms with E-state index in [-0.39, 0.29) is 0 Å². The molecular formula is C15H21NOS. The van der Waals surface area contributed by atoms with Crippen molar-refractivity contribution in [2.24, 2.45) is 0 Å². The molecule has 1 fully saturated rings. The summed E-state index contributed by atoms with van der Waals surface area (Å²) in [5, 5.41) is 4.54. The Balaban J connectivity index is 1.97. The lowest BCUT2D eigenvalue weighted by molar-refractivity contribution is 0.402.